The highest BCUT2D eigenvalue weighted by Gasteiger charge is 2.11. The molecule has 1 amide bonds. The molecule has 0 saturated carbocycles. The number of aromatic nitrogens is 1. The summed E-state index contributed by atoms with van der Waals surface area (Å²) in [5.74, 6) is 0.259. The Morgan fingerprint density at radius 3 is 2.52 bits per heavy atom. The highest BCUT2D eigenvalue weighted by Crippen LogP contribution is 2.26. The maximum atomic E-state index is 12.0. The topological polar surface area (TPSA) is 80.3 Å². The Bertz CT molecular complexity index is 761. The summed E-state index contributed by atoms with van der Waals surface area (Å²) >= 11 is 6.14. The number of amides is 1. The summed E-state index contributed by atoms with van der Waals surface area (Å²) in [4.78, 5) is 27.8. The van der Waals surface area contributed by atoms with Crippen LogP contribution in [0.4, 0.5) is 11.5 Å². The van der Waals surface area contributed by atoms with Crippen molar-refractivity contribution in [3.63, 3.8) is 0 Å². The zero-order chi connectivity index (χ0) is 18.4. The zero-order valence-corrected chi connectivity index (χ0v) is 15.1. The minimum atomic E-state index is -0.454. The Morgan fingerprint density at radius 2 is 1.92 bits per heavy atom. The molecule has 0 aliphatic carbocycles. The van der Waals surface area contributed by atoms with Gasteiger partial charge in [-0.1, -0.05) is 25.4 Å². The highest BCUT2D eigenvalue weighted by molar-refractivity contribution is 6.33. The molecule has 1 heterocycles. The smallest absolute Gasteiger partial charge is 0.337 e. The molecule has 6 nitrogen and oxygen atoms in total. The Balaban J connectivity index is 2.11. The first-order valence-electron chi connectivity index (χ1n) is 7.80. The number of nitrogens with zero attached hydrogens (tertiary/aromatic N) is 1. The van der Waals surface area contributed by atoms with Gasteiger partial charge in [0.2, 0.25) is 0 Å². The van der Waals surface area contributed by atoms with Crippen LogP contribution >= 0.6 is 11.6 Å². The fourth-order valence-electron chi connectivity index (χ4n) is 2.00. The number of nitrogens with one attached hydrogen (secondary N) is 2. The van der Waals surface area contributed by atoms with Gasteiger partial charge in [-0.15, -0.1) is 0 Å². The minimum Gasteiger partial charge on any atom is -0.465 e. The van der Waals surface area contributed by atoms with Crippen molar-refractivity contribution in [2.75, 3.05) is 19.0 Å². The van der Waals surface area contributed by atoms with E-state index in [4.69, 9.17) is 16.3 Å². The molecule has 1 aromatic heterocycles. The molecular formula is C18H20ClN3O3. The molecule has 0 spiro atoms. The minimum absolute atomic E-state index is 0.168. The quantitative estimate of drug-likeness (QED) is 0.767. The van der Waals surface area contributed by atoms with Crippen molar-refractivity contribution in [3.8, 4) is 0 Å². The molecule has 0 bridgehead atoms. The molecule has 0 atom stereocenters. The zero-order valence-electron chi connectivity index (χ0n) is 14.3. The first kappa shape index (κ1) is 18.7. The van der Waals surface area contributed by atoms with Gasteiger partial charge in [0, 0.05) is 12.7 Å². The lowest BCUT2D eigenvalue weighted by Gasteiger charge is -2.10. The van der Waals surface area contributed by atoms with E-state index >= 15 is 0 Å². The second-order valence-corrected chi connectivity index (χ2v) is 6.25. The van der Waals surface area contributed by atoms with Gasteiger partial charge in [0.15, 0.2) is 0 Å². The van der Waals surface area contributed by atoms with Crippen molar-refractivity contribution in [1.29, 1.82) is 0 Å². The van der Waals surface area contributed by atoms with E-state index in [1.165, 1.54) is 13.3 Å². The SMILES string of the molecule is COC(=O)c1ccc(Cl)c(Nc2ccc(C(=O)NCC(C)C)cn2)c1. The van der Waals surface area contributed by atoms with Gasteiger partial charge in [0.1, 0.15) is 5.82 Å². The van der Waals surface area contributed by atoms with Gasteiger partial charge in [-0.3, -0.25) is 4.79 Å². The van der Waals surface area contributed by atoms with Crippen molar-refractivity contribution in [3.05, 3.63) is 52.7 Å². The molecular weight excluding hydrogens is 342 g/mol. The molecule has 0 aliphatic heterocycles. The van der Waals surface area contributed by atoms with Crippen LogP contribution in [0.1, 0.15) is 34.6 Å². The third-order valence-electron chi connectivity index (χ3n) is 3.35. The van der Waals surface area contributed by atoms with Gasteiger partial charge in [-0.05, 0) is 36.2 Å². The summed E-state index contributed by atoms with van der Waals surface area (Å²) in [6.07, 6.45) is 1.48. The number of hydrogen-bond donors (Lipinski definition) is 2. The average Bonchev–Trinajstić information content (AvgIpc) is 2.61. The Hall–Kier alpha value is -2.60. The average molecular weight is 362 g/mol. The number of methoxy groups -OCH3 is 1. The van der Waals surface area contributed by atoms with Gasteiger partial charge < -0.3 is 15.4 Å². The van der Waals surface area contributed by atoms with Gasteiger partial charge in [0.05, 0.1) is 28.9 Å². The van der Waals surface area contributed by atoms with Crippen LogP contribution in [0, 0.1) is 5.92 Å². The molecule has 0 aliphatic rings. The van der Waals surface area contributed by atoms with Crippen LogP contribution in [0.25, 0.3) is 0 Å². The van der Waals surface area contributed by atoms with Crippen molar-refractivity contribution >= 4 is 35.0 Å². The number of rotatable bonds is 6. The lowest BCUT2D eigenvalue weighted by molar-refractivity contribution is 0.0600. The van der Waals surface area contributed by atoms with Gasteiger partial charge >= 0.3 is 5.97 Å². The van der Waals surface area contributed by atoms with Crippen LogP contribution in [0.3, 0.4) is 0 Å². The number of esters is 1. The summed E-state index contributed by atoms with van der Waals surface area (Å²) in [7, 11) is 1.31. The van der Waals surface area contributed by atoms with Gasteiger partial charge in [0.25, 0.3) is 5.91 Å². The summed E-state index contributed by atoms with van der Waals surface area (Å²) in [5, 5.41) is 6.29. The van der Waals surface area contributed by atoms with Gasteiger partial charge in [-0.25, -0.2) is 9.78 Å². The molecule has 0 fully saturated rings. The molecule has 132 valence electrons. The molecule has 2 N–H and O–H groups in total. The van der Waals surface area contributed by atoms with Crippen LogP contribution in [-0.2, 0) is 4.74 Å². The first-order valence-corrected chi connectivity index (χ1v) is 8.17. The second-order valence-electron chi connectivity index (χ2n) is 5.85. The number of benzene rings is 1. The van der Waals surface area contributed by atoms with E-state index in [9.17, 15) is 9.59 Å². The van der Waals surface area contributed by atoms with Crippen LogP contribution in [0.15, 0.2) is 36.5 Å². The fourth-order valence-corrected chi connectivity index (χ4v) is 2.17. The van der Waals surface area contributed by atoms with E-state index in [0.29, 0.717) is 40.1 Å². The Labute approximate surface area is 151 Å². The van der Waals surface area contributed by atoms with Crippen molar-refractivity contribution < 1.29 is 14.3 Å². The standard InChI is InChI=1S/C18H20ClN3O3/c1-11(2)9-21-17(23)13-5-7-16(20-10-13)22-15-8-12(18(24)25-3)4-6-14(15)19/h4-8,10-11H,9H2,1-3H3,(H,20,22)(H,21,23). The maximum Gasteiger partial charge on any atom is 0.337 e. The van der Waals surface area contributed by atoms with E-state index < -0.39 is 5.97 Å². The second kappa shape index (κ2) is 8.48. The molecule has 1 aromatic carbocycles. The summed E-state index contributed by atoms with van der Waals surface area (Å²) in [6, 6.07) is 8.10. The predicted octanol–water partition coefficient (Wildman–Crippen LogP) is 3.65. The maximum absolute atomic E-state index is 12.0. The molecule has 0 unspecified atom stereocenters. The normalized spacial score (nSPS) is 10.4. The molecule has 0 radical (unpaired) electrons. The highest BCUT2D eigenvalue weighted by atomic mass is 35.5. The Morgan fingerprint density at radius 1 is 1.20 bits per heavy atom. The number of hydrogen-bond acceptors (Lipinski definition) is 5. The van der Waals surface area contributed by atoms with E-state index in [2.05, 4.69) is 15.6 Å². The molecule has 2 rings (SSSR count). The monoisotopic (exact) mass is 361 g/mol. The molecule has 2 aromatic rings. The summed E-state index contributed by atoms with van der Waals surface area (Å²) in [6.45, 7) is 4.66. The molecule has 25 heavy (non-hydrogen) atoms. The number of carbonyl (C=O) groups is 2. The van der Waals surface area contributed by atoms with E-state index in [1.807, 2.05) is 13.8 Å². The summed E-state index contributed by atoms with van der Waals surface area (Å²) < 4.78 is 4.69. The van der Waals surface area contributed by atoms with Crippen LogP contribution in [0.5, 0.6) is 0 Å². The van der Waals surface area contributed by atoms with Crippen LogP contribution in [-0.4, -0.2) is 30.5 Å². The largest absolute Gasteiger partial charge is 0.465 e. The number of ether oxygens (including phenoxy) is 1. The molecule has 7 heteroatoms. The van der Waals surface area contributed by atoms with E-state index in [1.54, 1.807) is 30.3 Å². The van der Waals surface area contributed by atoms with Crippen molar-refractivity contribution in [2.45, 2.75) is 13.8 Å². The first-order chi connectivity index (χ1) is 11.9. The number of pyridine rings is 1. The van der Waals surface area contributed by atoms with E-state index in [0.717, 1.165) is 0 Å². The van der Waals surface area contributed by atoms with Crippen LogP contribution in [0.2, 0.25) is 5.02 Å². The number of anilines is 2. The number of carbonyl (C=O) groups excluding carboxylic acids is 2. The third kappa shape index (κ3) is 5.19. The lowest BCUT2D eigenvalue weighted by atomic mass is 10.2. The van der Waals surface area contributed by atoms with Gasteiger partial charge in [-0.2, -0.15) is 0 Å². The Kier molecular flexibility index (Phi) is 6.36. The summed E-state index contributed by atoms with van der Waals surface area (Å²) in [5.41, 5.74) is 1.37. The van der Waals surface area contributed by atoms with Crippen molar-refractivity contribution in [1.82, 2.24) is 10.3 Å². The predicted molar refractivity (Wildman–Crippen MR) is 97.5 cm³/mol. The van der Waals surface area contributed by atoms with Crippen molar-refractivity contribution in [2.24, 2.45) is 5.92 Å². The van der Waals surface area contributed by atoms with E-state index in [-0.39, 0.29) is 5.91 Å². The number of halogens is 1. The molecule has 0 saturated heterocycles. The lowest BCUT2D eigenvalue weighted by Crippen LogP contribution is -2.27. The van der Waals surface area contributed by atoms with Crippen LogP contribution < -0.4 is 10.6 Å². The fraction of sp³-hybridized carbons (Fsp3) is 0.278. The third-order valence-corrected chi connectivity index (χ3v) is 3.68.